The van der Waals surface area contributed by atoms with Crippen LogP contribution in [0.25, 0.3) is 0 Å². The lowest BCUT2D eigenvalue weighted by Crippen LogP contribution is -2.11. The van der Waals surface area contributed by atoms with Gasteiger partial charge < -0.3 is 0 Å². The SMILES string of the molecule is O=P(N1CC1)(N1CC1)N1CC1.S=P(N1CC1)(N1CC1)N1CC1. The molecule has 0 unspecified atom stereocenters. The van der Waals surface area contributed by atoms with Crippen LogP contribution < -0.4 is 0 Å². The lowest BCUT2D eigenvalue weighted by Gasteiger charge is -2.25. The van der Waals surface area contributed by atoms with Gasteiger partial charge in [0.1, 0.15) is 6.49 Å². The third kappa shape index (κ3) is 2.67. The van der Waals surface area contributed by atoms with Gasteiger partial charge in [0.05, 0.1) is 0 Å². The fraction of sp³-hybridized carbons (Fsp3) is 1.00. The Morgan fingerprint density at radius 1 is 0.500 bits per heavy atom. The molecule has 0 saturated carbocycles. The summed E-state index contributed by atoms with van der Waals surface area (Å²) in [6, 6.07) is 0. The highest BCUT2D eigenvalue weighted by Gasteiger charge is 2.55. The molecule has 0 aromatic heterocycles. The van der Waals surface area contributed by atoms with Gasteiger partial charge in [0.15, 0.2) is 0 Å². The van der Waals surface area contributed by atoms with E-state index in [4.69, 9.17) is 11.8 Å². The van der Waals surface area contributed by atoms with Crippen LogP contribution in [0, 0.1) is 0 Å². The van der Waals surface area contributed by atoms with Gasteiger partial charge in [-0.2, -0.15) is 0 Å². The molecular formula is C12H24N6OP2S. The van der Waals surface area contributed by atoms with Crippen molar-refractivity contribution in [3.63, 3.8) is 0 Å². The van der Waals surface area contributed by atoms with Crippen LogP contribution in [0.2, 0.25) is 0 Å². The molecule has 0 spiro atoms. The summed E-state index contributed by atoms with van der Waals surface area (Å²) in [5, 5.41) is 0. The lowest BCUT2D eigenvalue weighted by molar-refractivity contribution is 0.481. The minimum Gasteiger partial charge on any atom is -0.270 e. The van der Waals surface area contributed by atoms with Gasteiger partial charge in [-0.3, -0.25) is 4.57 Å². The Morgan fingerprint density at radius 2 is 0.727 bits per heavy atom. The first kappa shape index (κ1) is 14.9. The minimum absolute atomic E-state index is 1.05. The van der Waals surface area contributed by atoms with Crippen molar-refractivity contribution in [2.24, 2.45) is 0 Å². The number of nitrogens with zero attached hydrogens (tertiary/aromatic N) is 6. The molecule has 0 bridgehead atoms. The molecule has 6 rings (SSSR count). The van der Waals surface area contributed by atoms with Crippen LogP contribution in [0.1, 0.15) is 0 Å². The Morgan fingerprint density at radius 3 is 0.909 bits per heavy atom. The largest absolute Gasteiger partial charge is 0.287 e. The van der Waals surface area contributed by atoms with Crippen LogP contribution in [0.15, 0.2) is 0 Å². The average Bonchev–Trinajstić information content (AvgIpc) is 3.44. The van der Waals surface area contributed by atoms with E-state index in [1.54, 1.807) is 0 Å². The normalized spacial score (nSPS) is 32.4. The molecule has 7 nitrogen and oxygen atoms in total. The van der Waals surface area contributed by atoms with E-state index in [2.05, 4.69) is 28.0 Å². The van der Waals surface area contributed by atoms with Gasteiger partial charge in [-0.05, 0) is 11.8 Å². The van der Waals surface area contributed by atoms with Crippen molar-refractivity contribution in [1.82, 2.24) is 28.0 Å². The summed E-state index contributed by atoms with van der Waals surface area (Å²) in [6.07, 6.45) is 0. The Hall–Kier alpha value is 0.640. The molecule has 0 aliphatic carbocycles. The highest BCUT2D eigenvalue weighted by molar-refractivity contribution is 8.11. The Labute approximate surface area is 137 Å². The van der Waals surface area contributed by atoms with Gasteiger partial charge in [0.25, 0.3) is 7.59 Å². The van der Waals surface area contributed by atoms with Crippen molar-refractivity contribution < 1.29 is 4.57 Å². The summed E-state index contributed by atoms with van der Waals surface area (Å²) in [4.78, 5) is 0. The second-order valence-electron chi connectivity index (χ2n) is 6.75. The molecule has 10 heteroatoms. The summed E-state index contributed by atoms with van der Waals surface area (Å²) < 4.78 is 26.1. The van der Waals surface area contributed by atoms with Gasteiger partial charge >= 0.3 is 0 Å². The van der Waals surface area contributed by atoms with E-state index in [0.717, 1.165) is 39.3 Å². The van der Waals surface area contributed by atoms with Crippen molar-refractivity contribution in [2.75, 3.05) is 78.5 Å². The first-order chi connectivity index (χ1) is 10.6. The summed E-state index contributed by atoms with van der Waals surface area (Å²) in [5.74, 6) is 0. The smallest absolute Gasteiger partial charge is 0.270 e. The molecule has 6 aliphatic rings. The van der Waals surface area contributed by atoms with Crippen LogP contribution in [0.3, 0.4) is 0 Å². The highest BCUT2D eigenvalue weighted by atomic mass is 32.4. The van der Waals surface area contributed by atoms with Crippen molar-refractivity contribution >= 4 is 25.9 Å². The van der Waals surface area contributed by atoms with Gasteiger partial charge in [-0.25, -0.2) is 28.0 Å². The minimum atomic E-state index is -2.10. The summed E-state index contributed by atoms with van der Waals surface area (Å²) in [5.41, 5.74) is 0. The van der Waals surface area contributed by atoms with Crippen LogP contribution in [-0.4, -0.2) is 107 Å². The van der Waals surface area contributed by atoms with Crippen molar-refractivity contribution in [3.8, 4) is 0 Å². The quantitative estimate of drug-likeness (QED) is 0.490. The second-order valence-corrected chi connectivity index (χ2v) is 13.7. The molecule has 0 aromatic rings. The number of hydrogen-bond donors (Lipinski definition) is 0. The van der Waals surface area contributed by atoms with E-state index >= 15 is 0 Å². The molecule has 0 aromatic carbocycles. The lowest BCUT2D eigenvalue weighted by atomic mass is 11.0. The van der Waals surface area contributed by atoms with Crippen LogP contribution in [-0.2, 0) is 16.4 Å². The van der Waals surface area contributed by atoms with Crippen LogP contribution in [0.5, 0.6) is 0 Å². The van der Waals surface area contributed by atoms with Crippen LogP contribution in [0.4, 0.5) is 0 Å². The molecule has 124 valence electrons. The number of hydrogen-bond acceptors (Lipinski definition) is 2. The van der Waals surface area contributed by atoms with Crippen molar-refractivity contribution in [2.45, 2.75) is 0 Å². The first-order valence-corrected chi connectivity index (χ1v) is 12.6. The third-order valence-corrected chi connectivity index (χ3v) is 13.7. The summed E-state index contributed by atoms with van der Waals surface area (Å²) in [6.45, 7) is 12.5. The Kier molecular flexibility index (Phi) is 3.44. The van der Waals surface area contributed by atoms with Crippen LogP contribution >= 0.6 is 14.1 Å². The van der Waals surface area contributed by atoms with E-state index in [9.17, 15) is 4.57 Å². The molecule has 22 heavy (non-hydrogen) atoms. The Bertz CT molecular complexity index is 440. The maximum Gasteiger partial charge on any atom is 0.287 e. The van der Waals surface area contributed by atoms with Gasteiger partial charge in [0, 0.05) is 78.5 Å². The maximum atomic E-state index is 12.3. The van der Waals surface area contributed by atoms with E-state index in [1.807, 2.05) is 0 Å². The van der Waals surface area contributed by atoms with Crippen molar-refractivity contribution in [1.29, 1.82) is 0 Å². The van der Waals surface area contributed by atoms with E-state index in [1.165, 1.54) is 39.3 Å². The van der Waals surface area contributed by atoms with Crippen molar-refractivity contribution in [3.05, 3.63) is 0 Å². The second kappa shape index (κ2) is 5.07. The average molecular weight is 362 g/mol. The fourth-order valence-electron chi connectivity index (χ4n) is 2.90. The Balaban J connectivity index is 0.000000102. The molecule has 0 N–H and O–H groups in total. The fourth-order valence-corrected chi connectivity index (χ4v) is 10.2. The predicted octanol–water partition coefficient (Wildman–Crippen LogP) is 0.199. The monoisotopic (exact) mass is 362 g/mol. The standard InChI is InChI=1S/C6H12N3OP.C6H12N3PS/c10-11(7-1-2-7,8-3-4-8)9-5-6-9;11-10(7-1-2-7,8-3-4-8)9-5-6-9/h2*1-6H2. The zero-order valence-corrected chi connectivity index (χ0v) is 15.5. The molecule has 0 amide bonds. The van der Waals surface area contributed by atoms with E-state index < -0.39 is 14.1 Å². The highest BCUT2D eigenvalue weighted by Crippen LogP contribution is 2.66. The molecule has 0 radical (unpaired) electrons. The van der Waals surface area contributed by atoms with Gasteiger partial charge in [-0.1, -0.05) is 0 Å². The van der Waals surface area contributed by atoms with E-state index in [0.29, 0.717) is 0 Å². The molecule has 0 atom stereocenters. The number of rotatable bonds is 6. The topological polar surface area (TPSA) is 35.1 Å². The van der Waals surface area contributed by atoms with Gasteiger partial charge in [0.2, 0.25) is 0 Å². The molecular weight excluding hydrogens is 338 g/mol. The molecule has 6 saturated heterocycles. The first-order valence-electron chi connectivity index (χ1n) is 8.36. The third-order valence-electron chi connectivity index (χ3n) is 4.75. The summed E-state index contributed by atoms with van der Waals surface area (Å²) in [7, 11) is -2.10. The molecule has 6 fully saturated rings. The predicted molar refractivity (Wildman–Crippen MR) is 91.3 cm³/mol. The maximum absolute atomic E-state index is 12.3. The zero-order valence-electron chi connectivity index (χ0n) is 12.9. The zero-order chi connectivity index (χ0) is 14.9. The van der Waals surface area contributed by atoms with E-state index in [-0.39, 0.29) is 0 Å². The van der Waals surface area contributed by atoms with Gasteiger partial charge in [-0.15, -0.1) is 0 Å². The molecule has 6 aliphatic heterocycles. The summed E-state index contributed by atoms with van der Waals surface area (Å²) >= 11 is 5.75. The molecule has 6 heterocycles.